The molecule has 2 bridgehead atoms. The third kappa shape index (κ3) is 3.46. The number of aromatic nitrogens is 2. The molecule has 3 saturated carbocycles. The van der Waals surface area contributed by atoms with Crippen LogP contribution in [0.2, 0.25) is 0 Å². The van der Waals surface area contributed by atoms with Gasteiger partial charge in [-0.15, -0.1) is 0 Å². The zero-order valence-electron chi connectivity index (χ0n) is 20.2. The Bertz CT molecular complexity index is 1340. The predicted molar refractivity (Wildman–Crippen MR) is 128 cm³/mol. The minimum absolute atomic E-state index is 0.0877. The lowest BCUT2D eigenvalue weighted by atomic mass is 9.45. The Morgan fingerprint density at radius 1 is 1.20 bits per heavy atom. The second-order valence-corrected chi connectivity index (χ2v) is 10.9. The Labute approximate surface area is 203 Å². The van der Waals surface area contributed by atoms with Crippen LogP contribution >= 0.6 is 0 Å². The van der Waals surface area contributed by atoms with E-state index in [1.54, 1.807) is 0 Å². The van der Waals surface area contributed by atoms with Gasteiger partial charge in [0.25, 0.3) is 5.91 Å². The van der Waals surface area contributed by atoms with Crippen molar-refractivity contribution >= 4 is 5.91 Å². The molecule has 3 atom stereocenters. The first-order valence-corrected chi connectivity index (χ1v) is 12.3. The normalized spacial score (nSPS) is 23.5. The van der Waals surface area contributed by atoms with E-state index in [4.69, 9.17) is 4.74 Å². The van der Waals surface area contributed by atoms with Crippen molar-refractivity contribution in [2.45, 2.75) is 46.6 Å². The summed E-state index contributed by atoms with van der Waals surface area (Å²) >= 11 is 0. The molecule has 182 valence electrons. The maximum absolute atomic E-state index is 14.8. The monoisotopic (exact) mass is 477 g/mol. The van der Waals surface area contributed by atoms with Gasteiger partial charge in [-0.1, -0.05) is 19.9 Å². The zero-order valence-corrected chi connectivity index (χ0v) is 20.2. The van der Waals surface area contributed by atoms with Crippen LogP contribution in [0.4, 0.5) is 8.78 Å². The molecule has 2 aromatic carbocycles. The molecule has 1 aromatic heterocycles. The number of amides is 1. The Morgan fingerprint density at radius 3 is 2.77 bits per heavy atom. The summed E-state index contributed by atoms with van der Waals surface area (Å²) in [4.78, 5) is 13.4. The first-order chi connectivity index (χ1) is 16.7. The molecule has 7 rings (SSSR count). The van der Waals surface area contributed by atoms with Crippen molar-refractivity contribution in [3.63, 3.8) is 0 Å². The highest BCUT2D eigenvalue weighted by Gasteiger charge is 2.54. The van der Waals surface area contributed by atoms with Crippen molar-refractivity contribution in [2.24, 2.45) is 23.2 Å². The van der Waals surface area contributed by atoms with Crippen molar-refractivity contribution in [2.75, 3.05) is 6.54 Å². The highest BCUT2D eigenvalue weighted by atomic mass is 19.1. The van der Waals surface area contributed by atoms with Gasteiger partial charge in [-0.25, -0.2) is 13.5 Å². The molecule has 3 unspecified atom stereocenters. The predicted octanol–water partition coefficient (Wildman–Crippen LogP) is 5.82. The number of rotatable bonds is 4. The second-order valence-electron chi connectivity index (χ2n) is 10.9. The molecule has 1 amide bonds. The minimum atomic E-state index is -0.744. The number of hydrogen-bond acceptors (Lipinski definition) is 3. The molecule has 1 N–H and O–H groups in total. The van der Waals surface area contributed by atoms with Gasteiger partial charge in [0.2, 0.25) is 0 Å². The molecule has 0 radical (unpaired) electrons. The summed E-state index contributed by atoms with van der Waals surface area (Å²) < 4.78 is 35.9. The lowest BCUT2D eigenvalue weighted by molar-refractivity contribution is -0.103. The SMILES string of the molecule is Cc1ccc2c(c1)OCc1c(C(=O)NCC3CCC4CC3C4(C)C)nn(-c3ccc(F)cc3F)c1-2. The summed E-state index contributed by atoms with van der Waals surface area (Å²) in [6.45, 7) is 7.39. The smallest absolute Gasteiger partial charge is 0.272 e. The van der Waals surface area contributed by atoms with E-state index in [0.29, 0.717) is 40.8 Å². The van der Waals surface area contributed by atoms with Crippen LogP contribution in [0, 0.1) is 41.7 Å². The third-order valence-electron chi connectivity index (χ3n) is 8.63. The summed E-state index contributed by atoms with van der Waals surface area (Å²) in [5.41, 5.74) is 3.60. The highest BCUT2D eigenvalue weighted by Crippen LogP contribution is 2.61. The van der Waals surface area contributed by atoms with Gasteiger partial charge in [-0.3, -0.25) is 4.79 Å². The molecule has 2 heterocycles. The summed E-state index contributed by atoms with van der Waals surface area (Å²) in [5, 5.41) is 7.67. The lowest BCUT2D eigenvalue weighted by Crippen LogP contribution is -2.54. The number of benzene rings is 2. The van der Waals surface area contributed by atoms with Crippen LogP contribution in [0.25, 0.3) is 16.9 Å². The quantitative estimate of drug-likeness (QED) is 0.515. The standard InChI is InChI=1S/C28H29F2N3O2/c1-15-4-8-19-24(10-15)35-14-20-25(32-33(26(19)20)23-9-7-18(29)12-22(23)30)27(34)31-13-16-5-6-17-11-21(16)28(17,2)3/h4,7-10,12,16-17,21H,5-6,11,13-14H2,1-3H3,(H,31,34). The van der Waals surface area contributed by atoms with Crippen LogP contribution in [-0.2, 0) is 6.61 Å². The molecule has 0 saturated heterocycles. The lowest BCUT2D eigenvalue weighted by Gasteiger charge is -2.60. The number of hydrogen-bond donors (Lipinski definition) is 1. The first kappa shape index (κ1) is 22.3. The number of halogens is 2. The highest BCUT2D eigenvalue weighted by molar-refractivity contribution is 5.96. The fourth-order valence-corrected chi connectivity index (χ4v) is 6.48. The molecular weight excluding hydrogens is 448 g/mol. The van der Waals surface area contributed by atoms with E-state index in [0.717, 1.165) is 29.5 Å². The number of nitrogens with zero attached hydrogens (tertiary/aromatic N) is 2. The summed E-state index contributed by atoms with van der Waals surface area (Å²) in [7, 11) is 0. The summed E-state index contributed by atoms with van der Waals surface area (Å²) in [6.07, 6.45) is 3.58. The largest absolute Gasteiger partial charge is 0.488 e. The second kappa shape index (κ2) is 7.90. The van der Waals surface area contributed by atoms with Crippen molar-refractivity contribution in [3.8, 4) is 22.7 Å². The van der Waals surface area contributed by atoms with Crippen LogP contribution in [-0.4, -0.2) is 22.2 Å². The molecule has 3 aromatic rings. The van der Waals surface area contributed by atoms with E-state index in [9.17, 15) is 13.6 Å². The number of fused-ring (bicyclic) bond motifs is 5. The number of ether oxygens (including phenoxy) is 1. The van der Waals surface area contributed by atoms with Gasteiger partial charge in [0.15, 0.2) is 11.5 Å². The minimum Gasteiger partial charge on any atom is -0.488 e. The number of carbonyl (C=O) groups excluding carboxylic acids is 1. The van der Waals surface area contributed by atoms with Crippen LogP contribution in [0.3, 0.4) is 0 Å². The molecule has 5 nitrogen and oxygen atoms in total. The van der Waals surface area contributed by atoms with E-state index in [1.807, 2.05) is 25.1 Å². The van der Waals surface area contributed by atoms with Gasteiger partial charge in [0.1, 0.15) is 23.9 Å². The summed E-state index contributed by atoms with van der Waals surface area (Å²) in [5.74, 6) is 0.822. The van der Waals surface area contributed by atoms with Crippen molar-refractivity contribution < 1.29 is 18.3 Å². The van der Waals surface area contributed by atoms with Crippen molar-refractivity contribution in [1.29, 1.82) is 0 Å². The van der Waals surface area contributed by atoms with E-state index >= 15 is 0 Å². The van der Waals surface area contributed by atoms with Crippen LogP contribution in [0.15, 0.2) is 36.4 Å². The fourth-order valence-electron chi connectivity index (χ4n) is 6.48. The van der Waals surface area contributed by atoms with E-state index in [1.165, 1.54) is 29.7 Å². The van der Waals surface area contributed by atoms with Gasteiger partial charge < -0.3 is 10.1 Å². The summed E-state index contributed by atoms with van der Waals surface area (Å²) in [6, 6.07) is 9.11. The topological polar surface area (TPSA) is 56.1 Å². The first-order valence-electron chi connectivity index (χ1n) is 12.3. The Kier molecular flexibility index (Phi) is 5.02. The number of carbonyl (C=O) groups is 1. The molecule has 4 aliphatic rings. The molecule has 0 spiro atoms. The fraction of sp³-hybridized carbons (Fsp3) is 0.429. The Hall–Kier alpha value is -3.22. The molecular formula is C28H29F2N3O2. The maximum Gasteiger partial charge on any atom is 0.272 e. The molecule has 35 heavy (non-hydrogen) atoms. The van der Waals surface area contributed by atoms with E-state index in [-0.39, 0.29) is 23.9 Å². The average molecular weight is 478 g/mol. The third-order valence-corrected chi connectivity index (χ3v) is 8.63. The van der Waals surface area contributed by atoms with Crippen LogP contribution < -0.4 is 10.1 Å². The molecule has 3 fully saturated rings. The van der Waals surface area contributed by atoms with Crippen molar-refractivity contribution in [3.05, 3.63) is 64.9 Å². The van der Waals surface area contributed by atoms with Crippen LogP contribution in [0.5, 0.6) is 5.75 Å². The van der Waals surface area contributed by atoms with E-state index in [2.05, 4.69) is 24.3 Å². The number of aryl methyl sites for hydroxylation is 1. The average Bonchev–Trinajstić information content (AvgIpc) is 3.22. The van der Waals surface area contributed by atoms with Gasteiger partial charge in [0.05, 0.1) is 5.69 Å². The molecule has 1 aliphatic heterocycles. The van der Waals surface area contributed by atoms with Crippen LogP contribution in [0.1, 0.15) is 54.7 Å². The zero-order chi connectivity index (χ0) is 24.5. The van der Waals surface area contributed by atoms with Gasteiger partial charge in [-0.2, -0.15) is 5.10 Å². The van der Waals surface area contributed by atoms with Gasteiger partial charge >= 0.3 is 0 Å². The maximum atomic E-state index is 14.8. The molecule has 3 aliphatic carbocycles. The number of nitrogens with one attached hydrogen (secondary N) is 1. The van der Waals surface area contributed by atoms with Crippen molar-refractivity contribution in [1.82, 2.24) is 15.1 Å². The van der Waals surface area contributed by atoms with E-state index < -0.39 is 11.6 Å². The van der Waals surface area contributed by atoms with Gasteiger partial charge in [0, 0.05) is 23.7 Å². The molecule has 7 heteroatoms. The van der Waals surface area contributed by atoms with Gasteiger partial charge in [-0.05, 0) is 79.2 Å². The Morgan fingerprint density at radius 2 is 2.03 bits per heavy atom. The Balaban J connectivity index is 1.37.